The minimum Gasteiger partial charge on any atom is -0.506 e. The maximum atomic E-state index is 12.8. The van der Waals surface area contributed by atoms with Crippen LogP contribution in [0.5, 0.6) is 23.0 Å². The molecule has 0 aliphatic rings. The summed E-state index contributed by atoms with van der Waals surface area (Å²) in [5.74, 6) is -3.23. The molecule has 0 aromatic heterocycles. The zero-order chi connectivity index (χ0) is 19.2. The Morgan fingerprint density at radius 1 is 0.680 bits per heavy atom. The number of nitrogens with two attached hydrogens (primary N) is 2. The van der Waals surface area contributed by atoms with Gasteiger partial charge in [-0.05, 0) is 12.1 Å². The molecule has 6 N–H and O–H groups in total. The fourth-order valence-corrected chi connectivity index (χ4v) is 1.95. The Bertz CT molecular complexity index is 750. The summed E-state index contributed by atoms with van der Waals surface area (Å²) in [5.41, 5.74) is 5.46. The quantitative estimate of drug-likeness (QED) is 0.363. The fourth-order valence-electron chi connectivity index (χ4n) is 1.95. The number of ether oxygens (including phenoxy) is 1. The highest BCUT2D eigenvalue weighted by Crippen LogP contribution is 2.44. The lowest BCUT2D eigenvalue weighted by atomic mass is 10.1. The van der Waals surface area contributed by atoms with E-state index in [1.54, 1.807) is 0 Å². The zero-order valence-corrected chi connectivity index (χ0v) is 12.0. The molecule has 0 atom stereocenters. The minimum absolute atomic E-state index is 0.399. The van der Waals surface area contributed by atoms with Crippen molar-refractivity contribution in [3.05, 3.63) is 35.4 Å². The number of alkyl halides is 6. The number of phenolic OH excluding ortho intramolecular Hbond substituents is 2. The molecule has 2 rings (SSSR count). The molecule has 5 nitrogen and oxygen atoms in total. The summed E-state index contributed by atoms with van der Waals surface area (Å²) in [4.78, 5) is 0. The number of hydrogen-bond acceptors (Lipinski definition) is 5. The molecule has 0 amide bonds. The molecule has 0 saturated heterocycles. The maximum absolute atomic E-state index is 12.8. The number of halogens is 6. The second-order valence-electron chi connectivity index (χ2n) is 4.90. The average molecular weight is 368 g/mol. The molecule has 0 spiro atoms. The lowest BCUT2D eigenvalue weighted by molar-refractivity contribution is -0.137. The smallest absolute Gasteiger partial charge is 0.418 e. The Morgan fingerprint density at radius 2 is 1.00 bits per heavy atom. The van der Waals surface area contributed by atoms with Crippen LogP contribution in [0.1, 0.15) is 11.1 Å². The van der Waals surface area contributed by atoms with Crippen molar-refractivity contribution in [2.45, 2.75) is 12.4 Å². The van der Waals surface area contributed by atoms with Crippen LogP contribution in [0.4, 0.5) is 37.7 Å². The molecule has 0 aliphatic carbocycles. The predicted octanol–water partition coefficient (Wildman–Crippen LogP) is 4.09. The van der Waals surface area contributed by atoms with Gasteiger partial charge < -0.3 is 26.4 Å². The summed E-state index contributed by atoms with van der Waals surface area (Å²) in [6.07, 6.45) is -9.86. The van der Waals surface area contributed by atoms with Gasteiger partial charge in [-0.15, -0.1) is 0 Å². The van der Waals surface area contributed by atoms with E-state index in [0.29, 0.717) is 24.3 Å². The number of nitrogen functional groups attached to an aromatic ring is 2. The van der Waals surface area contributed by atoms with Crippen LogP contribution >= 0.6 is 0 Å². The molecule has 0 bridgehead atoms. The Hall–Kier alpha value is -2.98. The van der Waals surface area contributed by atoms with E-state index in [9.17, 15) is 36.6 Å². The van der Waals surface area contributed by atoms with Crippen LogP contribution in [-0.4, -0.2) is 10.2 Å². The van der Waals surface area contributed by atoms with E-state index in [2.05, 4.69) is 0 Å². The first-order chi connectivity index (χ1) is 11.3. The van der Waals surface area contributed by atoms with Gasteiger partial charge in [-0.3, -0.25) is 0 Å². The maximum Gasteiger partial charge on any atom is 0.418 e. The van der Waals surface area contributed by atoms with Crippen molar-refractivity contribution in [3.63, 3.8) is 0 Å². The highest BCUT2D eigenvalue weighted by Gasteiger charge is 2.36. The number of benzene rings is 2. The SMILES string of the molecule is Nc1c(O)cc(Oc2cc(O)c(N)c(C(F)(F)F)c2)cc1C(F)(F)F. The van der Waals surface area contributed by atoms with Gasteiger partial charge in [-0.2, -0.15) is 26.3 Å². The number of phenols is 2. The first-order valence-electron chi connectivity index (χ1n) is 6.38. The van der Waals surface area contributed by atoms with Crippen LogP contribution < -0.4 is 16.2 Å². The molecule has 136 valence electrons. The molecule has 0 saturated carbocycles. The largest absolute Gasteiger partial charge is 0.506 e. The van der Waals surface area contributed by atoms with Crippen LogP contribution in [0, 0.1) is 0 Å². The zero-order valence-electron chi connectivity index (χ0n) is 12.0. The summed E-state index contributed by atoms with van der Waals surface area (Å²) in [6, 6.07) is 2.17. The van der Waals surface area contributed by atoms with E-state index in [-0.39, 0.29) is 0 Å². The van der Waals surface area contributed by atoms with Crippen molar-refractivity contribution in [1.82, 2.24) is 0 Å². The minimum atomic E-state index is -4.93. The van der Waals surface area contributed by atoms with Crippen LogP contribution in [0.3, 0.4) is 0 Å². The highest BCUT2D eigenvalue weighted by molar-refractivity contribution is 5.64. The number of aromatic hydroxyl groups is 2. The number of rotatable bonds is 2. The van der Waals surface area contributed by atoms with E-state index in [1.807, 2.05) is 0 Å². The summed E-state index contributed by atoms with van der Waals surface area (Å²) in [5, 5.41) is 18.9. The van der Waals surface area contributed by atoms with Crippen LogP contribution in [0.15, 0.2) is 24.3 Å². The second kappa shape index (κ2) is 5.83. The van der Waals surface area contributed by atoms with Gasteiger partial charge in [0, 0.05) is 12.1 Å². The third-order valence-corrected chi connectivity index (χ3v) is 3.11. The molecule has 25 heavy (non-hydrogen) atoms. The second-order valence-corrected chi connectivity index (χ2v) is 4.90. The van der Waals surface area contributed by atoms with Crippen molar-refractivity contribution >= 4 is 11.4 Å². The normalized spacial score (nSPS) is 12.2. The van der Waals surface area contributed by atoms with Crippen molar-refractivity contribution in [3.8, 4) is 23.0 Å². The summed E-state index contributed by atoms with van der Waals surface area (Å²) < 4.78 is 81.9. The van der Waals surface area contributed by atoms with E-state index < -0.39 is 57.9 Å². The summed E-state index contributed by atoms with van der Waals surface area (Å²) >= 11 is 0. The monoisotopic (exact) mass is 368 g/mol. The average Bonchev–Trinajstić information content (AvgIpc) is 2.43. The lowest BCUT2D eigenvalue weighted by Gasteiger charge is -2.16. The molecule has 2 aromatic rings. The van der Waals surface area contributed by atoms with Gasteiger partial charge in [0.05, 0.1) is 22.5 Å². The van der Waals surface area contributed by atoms with Crippen molar-refractivity contribution < 1.29 is 41.3 Å². The Kier molecular flexibility index (Phi) is 4.28. The van der Waals surface area contributed by atoms with Gasteiger partial charge in [-0.1, -0.05) is 0 Å². The number of anilines is 2. The van der Waals surface area contributed by atoms with E-state index >= 15 is 0 Å². The van der Waals surface area contributed by atoms with E-state index in [4.69, 9.17) is 16.2 Å². The van der Waals surface area contributed by atoms with Gasteiger partial charge in [0.1, 0.15) is 23.0 Å². The third-order valence-electron chi connectivity index (χ3n) is 3.11. The van der Waals surface area contributed by atoms with Gasteiger partial charge in [0.25, 0.3) is 0 Å². The van der Waals surface area contributed by atoms with Crippen LogP contribution in [0.25, 0.3) is 0 Å². The first-order valence-corrected chi connectivity index (χ1v) is 6.38. The molecule has 0 unspecified atom stereocenters. The predicted molar refractivity (Wildman–Crippen MR) is 75.1 cm³/mol. The molecular formula is C14H10F6N2O3. The van der Waals surface area contributed by atoms with Crippen molar-refractivity contribution in [2.75, 3.05) is 11.5 Å². The van der Waals surface area contributed by atoms with Crippen molar-refractivity contribution in [1.29, 1.82) is 0 Å². The Labute approximate surface area is 136 Å². The van der Waals surface area contributed by atoms with E-state index in [1.165, 1.54) is 0 Å². The summed E-state index contributed by atoms with van der Waals surface area (Å²) in [7, 11) is 0. The Balaban J connectivity index is 2.51. The van der Waals surface area contributed by atoms with Gasteiger partial charge in [0.15, 0.2) is 0 Å². The molecule has 0 aliphatic heterocycles. The van der Waals surface area contributed by atoms with Crippen LogP contribution in [0.2, 0.25) is 0 Å². The van der Waals surface area contributed by atoms with Crippen LogP contribution in [-0.2, 0) is 12.4 Å². The van der Waals surface area contributed by atoms with Crippen molar-refractivity contribution in [2.24, 2.45) is 0 Å². The summed E-state index contributed by atoms with van der Waals surface area (Å²) in [6.45, 7) is 0. The standard InChI is InChI=1S/C14H10F6N2O3/c15-13(16,17)7-1-5(3-9(23)11(7)21)25-6-2-8(14(18,19)20)12(22)10(24)4-6/h1-4,23-24H,21-22H2. The lowest BCUT2D eigenvalue weighted by Crippen LogP contribution is -2.10. The molecule has 2 aromatic carbocycles. The first kappa shape index (κ1) is 18.4. The Morgan fingerprint density at radius 3 is 1.28 bits per heavy atom. The molecule has 11 heteroatoms. The van der Waals surface area contributed by atoms with E-state index in [0.717, 1.165) is 0 Å². The fraction of sp³-hybridized carbons (Fsp3) is 0.143. The van der Waals surface area contributed by atoms with Gasteiger partial charge in [-0.25, -0.2) is 0 Å². The molecular weight excluding hydrogens is 358 g/mol. The van der Waals surface area contributed by atoms with Gasteiger partial charge in [0.2, 0.25) is 0 Å². The molecule has 0 heterocycles. The molecule has 0 radical (unpaired) electrons. The third kappa shape index (κ3) is 3.75. The molecule has 0 fully saturated rings. The topological polar surface area (TPSA) is 102 Å². The number of hydrogen-bond donors (Lipinski definition) is 4. The highest BCUT2D eigenvalue weighted by atomic mass is 19.4. The van der Waals surface area contributed by atoms with Gasteiger partial charge >= 0.3 is 12.4 Å².